The number of thiocyanates is 1. The van der Waals surface area contributed by atoms with E-state index in [1.54, 1.807) is 11.7 Å². The van der Waals surface area contributed by atoms with Crippen LogP contribution in [0.1, 0.15) is 37.7 Å². The molecule has 1 fully saturated rings. The van der Waals surface area contributed by atoms with E-state index < -0.39 is 0 Å². The van der Waals surface area contributed by atoms with Crippen LogP contribution in [0.25, 0.3) is 0 Å². The molecule has 0 bridgehead atoms. The summed E-state index contributed by atoms with van der Waals surface area (Å²) >= 11 is 0.964. The zero-order valence-electron chi connectivity index (χ0n) is 12.0. The maximum Gasteiger partial charge on any atom is 0.265 e. The molecule has 0 aliphatic heterocycles. The zero-order chi connectivity index (χ0) is 14.5. The van der Waals surface area contributed by atoms with Gasteiger partial charge in [-0.1, -0.05) is 6.92 Å². The molecular weight excluding hydrogens is 272 g/mol. The Balaban J connectivity index is 2.30. The van der Waals surface area contributed by atoms with Crippen LogP contribution in [-0.2, 0) is 11.3 Å². The van der Waals surface area contributed by atoms with Crippen LogP contribution < -0.4 is 5.56 Å². The first-order valence-electron chi connectivity index (χ1n) is 6.98. The summed E-state index contributed by atoms with van der Waals surface area (Å²) in [5.41, 5.74) is 1.13. The van der Waals surface area contributed by atoms with Crippen molar-refractivity contribution in [3.63, 3.8) is 0 Å². The average molecular weight is 292 g/mol. The van der Waals surface area contributed by atoms with Gasteiger partial charge in [-0.2, -0.15) is 5.26 Å². The molecule has 0 saturated heterocycles. The van der Waals surface area contributed by atoms with Crippen molar-refractivity contribution in [3.05, 3.63) is 28.2 Å². The molecular formula is C15H20N2O2S. The molecule has 4 nitrogen and oxygen atoms in total. The molecule has 1 heterocycles. The third-order valence-electron chi connectivity index (χ3n) is 3.71. The molecule has 20 heavy (non-hydrogen) atoms. The third-order valence-corrected chi connectivity index (χ3v) is 4.32. The van der Waals surface area contributed by atoms with E-state index in [9.17, 15) is 4.79 Å². The highest BCUT2D eigenvalue weighted by atomic mass is 32.2. The highest BCUT2D eigenvalue weighted by Gasteiger charge is 2.25. The molecule has 5 heteroatoms. The van der Waals surface area contributed by atoms with E-state index in [2.05, 4.69) is 6.92 Å². The van der Waals surface area contributed by atoms with E-state index in [4.69, 9.17) is 10.00 Å². The Morgan fingerprint density at radius 3 is 2.90 bits per heavy atom. The Bertz CT molecular complexity index is 558. The van der Waals surface area contributed by atoms with E-state index in [0.29, 0.717) is 29.9 Å². The number of rotatable bonds is 7. The monoisotopic (exact) mass is 292 g/mol. The number of ether oxygens (including phenoxy) is 1. The van der Waals surface area contributed by atoms with Crippen LogP contribution in [0, 0.1) is 16.6 Å². The number of hydrogen-bond acceptors (Lipinski definition) is 4. The highest BCUT2D eigenvalue weighted by Crippen LogP contribution is 2.40. The second-order valence-corrected chi connectivity index (χ2v) is 6.12. The summed E-state index contributed by atoms with van der Waals surface area (Å²) in [4.78, 5) is 12.9. The smallest absolute Gasteiger partial charge is 0.265 e. The zero-order valence-corrected chi connectivity index (χ0v) is 12.8. The van der Waals surface area contributed by atoms with Crippen LogP contribution in [0.4, 0.5) is 0 Å². The summed E-state index contributed by atoms with van der Waals surface area (Å²) in [5.74, 6) is 0.898. The Hall–Kier alpha value is -1.25. The van der Waals surface area contributed by atoms with E-state index >= 15 is 0 Å². The van der Waals surface area contributed by atoms with Crippen molar-refractivity contribution < 1.29 is 4.74 Å². The number of thioether (sulfide) groups is 1. The first kappa shape index (κ1) is 15.1. The number of nitriles is 1. The van der Waals surface area contributed by atoms with E-state index in [0.717, 1.165) is 18.2 Å². The predicted octanol–water partition coefficient (Wildman–Crippen LogP) is 2.97. The molecule has 1 aromatic heterocycles. The lowest BCUT2D eigenvalue weighted by atomic mass is 10.1. The number of nitrogens with zero attached hydrogens (tertiary/aromatic N) is 2. The van der Waals surface area contributed by atoms with E-state index in [1.165, 1.54) is 18.4 Å². The van der Waals surface area contributed by atoms with Crippen molar-refractivity contribution in [2.45, 2.75) is 43.5 Å². The molecule has 0 aromatic carbocycles. The van der Waals surface area contributed by atoms with Gasteiger partial charge in [-0.25, -0.2) is 0 Å². The van der Waals surface area contributed by atoms with Crippen molar-refractivity contribution in [2.24, 2.45) is 5.92 Å². The Morgan fingerprint density at radius 1 is 1.60 bits per heavy atom. The Labute approximate surface area is 123 Å². The van der Waals surface area contributed by atoms with Gasteiger partial charge < -0.3 is 9.30 Å². The number of pyridine rings is 1. The van der Waals surface area contributed by atoms with Crippen molar-refractivity contribution in [3.8, 4) is 5.40 Å². The molecule has 1 aliphatic carbocycles. The lowest BCUT2D eigenvalue weighted by Gasteiger charge is -2.17. The number of hydrogen-bond donors (Lipinski definition) is 0. The van der Waals surface area contributed by atoms with Crippen LogP contribution in [-0.4, -0.2) is 18.3 Å². The van der Waals surface area contributed by atoms with Crippen molar-refractivity contribution >= 4 is 11.8 Å². The molecule has 0 spiro atoms. The topological polar surface area (TPSA) is 55.0 Å². The summed E-state index contributed by atoms with van der Waals surface area (Å²) in [5, 5.41) is 10.8. The molecule has 0 radical (unpaired) electrons. The molecule has 1 aromatic rings. The lowest BCUT2D eigenvalue weighted by molar-refractivity contribution is 0.140. The van der Waals surface area contributed by atoms with Crippen LogP contribution >= 0.6 is 11.8 Å². The fraction of sp³-hybridized carbons (Fsp3) is 0.600. The van der Waals surface area contributed by atoms with E-state index in [-0.39, 0.29) is 5.56 Å². The molecule has 2 rings (SSSR count). The summed E-state index contributed by atoms with van der Waals surface area (Å²) in [6.07, 6.45) is 5.31. The molecule has 1 aliphatic rings. The first-order valence-corrected chi connectivity index (χ1v) is 7.80. The number of methoxy groups -OCH3 is 1. The summed E-state index contributed by atoms with van der Waals surface area (Å²) in [7, 11) is 1.68. The van der Waals surface area contributed by atoms with Crippen LogP contribution in [0.2, 0.25) is 0 Å². The maximum atomic E-state index is 12.4. The summed E-state index contributed by atoms with van der Waals surface area (Å²) < 4.78 is 6.97. The molecule has 108 valence electrons. The first-order chi connectivity index (χ1) is 9.69. The van der Waals surface area contributed by atoms with Gasteiger partial charge in [0.15, 0.2) is 0 Å². The van der Waals surface area contributed by atoms with Gasteiger partial charge in [0.1, 0.15) is 5.40 Å². The second kappa shape index (κ2) is 6.96. The van der Waals surface area contributed by atoms with Gasteiger partial charge in [-0.05, 0) is 48.6 Å². The quantitative estimate of drug-likeness (QED) is 0.572. The normalized spacial score (nSPS) is 15.8. The van der Waals surface area contributed by atoms with Crippen molar-refractivity contribution in [1.82, 2.24) is 4.57 Å². The average Bonchev–Trinajstić information content (AvgIpc) is 3.27. The minimum Gasteiger partial charge on any atom is -0.384 e. The van der Waals surface area contributed by atoms with Crippen molar-refractivity contribution in [2.75, 3.05) is 13.7 Å². The summed E-state index contributed by atoms with van der Waals surface area (Å²) in [6.45, 7) is 3.41. The lowest BCUT2D eigenvalue weighted by Crippen LogP contribution is -2.26. The van der Waals surface area contributed by atoms with Gasteiger partial charge in [-0.15, -0.1) is 0 Å². The molecule has 0 N–H and O–H groups in total. The van der Waals surface area contributed by atoms with E-state index in [1.807, 2.05) is 17.7 Å². The molecule has 1 saturated carbocycles. The van der Waals surface area contributed by atoms with Gasteiger partial charge >= 0.3 is 0 Å². The van der Waals surface area contributed by atoms with Gasteiger partial charge in [0.25, 0.3) is 5.56 Å². The van der Waals surface area contributed by atoms with Crippen LogP contribution in [0.3, 0.4) is 0 Å². The second-order valence-electron chi connectivity index (χ2n) is 5.29. The minimum atomic E-state index is -0.0597. The molecule has 1 atom stereocenters. The highest BCUT2D eigenvalue weighted by molar-refractivity contribution is 8.03. The molecule has 0 amide bonds. The fourth-order valence-electron chi connectivity index (χ4n) is 2.34. The van der Waals surface area contributed by atoms with Crippen LogP contribution in [0.15, 0.2) is 22.0 Å². The van der Waals surface area contributed by atoms with Gasteiger partial charge in [0.2, 0.25) is 0 Å². The maximum absolute atomic E-state index is 12.4. The third kappa shape index (κ3) is 3.65. The molecule has 1 unspecified atom stereocenters. The standard InChI is InChI=1S/C15H20N2O2S/c1-3-11(9-19-2)7-17-8-13(12-4-5-12)6-14(15(17)18)20-10-16/h6,8,11-12H,3-5,7,9H2,1-2H3. The SMILES string of the molecule is CCC(COC)Cn1cc(C2CC2)cc(SC#N)c1=O. The van der Waals surface area contributed by atoms with Crippen LogP contribution in [0.5, 0.6) is 0 Å². The van der Waals surface area contributed by atoms with Gasteiger partial charge in [0, 0.05) is 25.8 Å². The van der Waals surface area contributed by atoms with Gasteiger partial charge in [0.05, 0.1) is 11.5 Å². The largest absolute Gasteiger partial charge is 0.384 e. The fourth-order valence-corrected chi connectivity index (χ4v) is 2.84. The van der Waals surface area contributed by atoms with Gasteiger partial charge in [-0.3, -0.25) is 4.79 Å². The van der Waals surface area contributed by atoms with Crippen molar-refractivity contribution in [1.29, 1.82) is 5.26 Å². The predicted molar refractivity (Wildman–Crippen MR) is 79.8 cm³/mol. The Morgan fingerprint density at radius 2 is 2.35 bits per heavy atom. The Kier molecular flexibility index (Phi) is 5.27. The minimum absolute atomic E-state index is 0.0597. The summed E-state index contributed by atoms with van der Waals surface area (Å²) in [6, 6.07) is 1.89. The number of aromatic nitrogens is 1.